The average Bonchev–Trinajstić information content (AvgIpc) is 1.88. The van der Waals surface area contributed by atoms with Gasteiger partial charge in [0.15, 0.2) is 0 Å². The summed E-state index contributed by atoms with van der Waals surface area (Å²) in [6, 6.07) is 0. The van der Waals surface area contributed by atoms with Crippen molar-refractivity contribution < 1.29 is 35.7 Å². The van der Waals surface area contributed by atoms with Gasteiger partial charge in [-0.15, -0.1) is 0 Å². The van der Waals surface area contributed by atoms with Crippen LogP contribution in [0.15, 0.2) is 0 Å². The van der Waals surface area contributed by atoms with E-state index in [1.54, 1.807) is 0 Å². The van der Waals surface area contributed by atoms with Gasteiger partial charge in [0.2, 0.25) is 0 Å². The quantitative estimate of drug-likeness (QED) is 0.471. The Balaban J connectivity index is -0.0000000254. The summed E-state index contributed by atoms with van der Waals surface area (Å²) in [5.41, 5.74) is 0. The number of hydrogen-bond acceptors (Lipinski definition) is 4. The monoisotopic (exact) mass is 245 g/mol. The molecule has 0 aliphatic carbocycles. The van der Waals surface area contributed by atoms with E-state index < -0.39 is 0 Å². The molecule has 0 saturated heterocycles. The summed E-state index contributed by atoms with van der Waals surface area (Å²) in [5, 5.41) is 0. The van der Waals surface area contributed by atoms with Crippen LogP contribution >= 0.6 is 0 Å². The summed E-state index contributed by atoms with van der Waals surface area (Å²) in [4.78, 5) is 35.5. The Morgan fingerprint density at radius 2 is 0.786 bits per heavy atom. The third-order valence-electron chi connectivity index (χ3n) is 0. The second kappa shape index (κ2) is 56.8. The van der Waals surface area contributed by atoms with Gasteiger partial charge in [0.25, 0.3) is 0 Å². The molecule has 0 atom stereocenters. The molecular weight excluding hydrogens is 231 g/mol. The van der Waals surface area contributed by atoms with E-state index in [0.29, 0.717) is 0 Å². The van der Waals surface area contributed by atoms with Crippen LogP contribution in [0.1, 0.15) is 34.6 Å². The normalized spacial score (nSPS) is 4.64. The van der Waals surface area contributed by atoms with Crippen LogP contribution in [0.2, 0.25) is 0 Å². The average molecular weight is 246 g/mol. The molecule has 0 fully saturated rings. The van der Waals surface area contributed by atoms with Gasteiger partial charge < -0.3 is 19.2 Å². The van der Waals surface area contributed by atoms with Crippen molar-refractivity contribution in [1.82, 2.24) is 0 Å². The summed E-state index contributed by atoms with van der Waals surface area (Å²) >= 11 is 0. The number of Topliss-reactive ketones (excluding diaryl/α,β-unsaturated/α-hetero) is 1. The van der Waals surface area contributed by atoms with Gasteiger partial charge in [-0.2, -0.15) is 20.8 Å². The van der Waals surface area contributed by atoms with Crippen LogP contribution in [-0.4, -0.2) is 24.6 Å². The Morgan fingerprint density at radius 3 is 0.786 bits per heavy atom. The first kappa shape index (κ1) is 29.2. The first-order valence-electron chi connectivity index (χ1n) is 3.32. The Bertz CT molecular complexity index is 106. The Hall–Kier alpha value is -0.826. The molecule has 0 aliphatic heterocycles. The fourth-order valence-electron chi connectivity index (χ4n) is 0. The molecule has 4 nitrogen and oxygen atoms in total. The molecule has 85 valence electrons. The third kappa shape index (κ3) is 1690. The summed E-state index contributed by atoms with van der Waals surface area (Å²) in [7, 11) is 0. The summed E-state index contributed by atoms with van der Waals surface area (Å²) in [6.45, 7) is 7.01. The number of ketones is 1. The van der Waals surface area contributed by atoms with Crippen LogP contribution in [-0.2, 0) is 35.7 Å². The minimum atomic E-state index is 0. The number of rotatable bonds is 0. The molecule has 1 radical (unpaired) electrons. The van der Waals surface area contributed by atoms with Crippen molar-refractivity contribution in [2.45, 2.75) is 34.6 Å². The maximum atomic E-state index is 9.44. The number of carbonyl (C=O) groups excluding carboxylic acids is 4. The van der Waals surface area contributed by atoms with E-state index in [-0.39, 0.29) is 22.3 Å². The molecule has 0 aromatic rings. The van der Waals surface area contributed by atoms with Gasteiger partial charge in [-0.05, 0) is 13.8 Å². The van der Waals surface area contributed by atoms with Gasteiger partial charge in [0.1, 0.15) is 5.78 Å². The predicted molar refractivity (Wildman–Crippen MR) is 50.5 cm³/mol. The maximum absolute atomic E-state index is 9.44. The molecule has 5 heteroatoms. The van der Waals surface area contributed by atoms with Gasteiger partial charge in [-0.25, -0.2) is 0 Å². The van der Waals surface area contributed by atoms with Gasteiger partial charge in [0, 0.05) is 0 Å². The van der Waals surface area contributed by atoms with E-state index in [9.17, 15) is 4.79 Å². The molecule has 0 bridgehead atoms. The van der Waals surface area contributed by atoms with Crippen LogP contribution in [0.3, 0.4) is 0 Å². The minimum Gasteiger partial charge on any atom is -0.542 e. The fraction of sp³-hybridized carbons (Fsp3) is 0.556. The fourth-order valence-corrected chi connectivity index (χ4v) is 0. The molecule has 0 unspecified atom stereocenters. The zero-order valence-corrected chi connectivity index (χ0v) is 9.94. The molecule has 0 heterocycles. The van der Waals surface area contributed by atoms with E-state index in [1.165, 1.54) is 53.5 Å². The summed E-state index contributed by atoms with van der Waals surface area (Å²) in [6.07, 6.45) is 4.50. The molecule has 0 aliphatic rings. The second-order valence-corrected chi connectivity index (χ2v) is 1.52. The first-order valence-corrected chi connectivity index (χ1v) is 3.32. The summed E-state index contributed by atoms with van der Waals surface area (Å²) in [5.74, 6) is 0.167. The molecule has 0 aromatic carbocycles. The van der Waals surface area contributed by atoms with Gasteiger partial charge >= 0.3 is 16.5 Å². The Labute approximate surface area is 95.4 Å². The zero-order chi connectivity index (χ0) is 11.7. The van der Waals surface area contributed by atoms with E-state index >= 15 is 0 Å². The van der Waals surface area contributed by atoms with Crippen molar-refractivity contribution in [2.75, 3.05) is 0 Å². The summed E-state index contributed by atoms with van der Waals surface area (Å²) < 4.78 is 0. The Morgan fingerprint density at radius 1 is 0.786 bits per heavy atom. The van der Waals surface area contributed by atoms with E-state index in [2.05, 4.69) is 0 Å². The van der Waals surface area contributed by atoms with Crippen LogP contribution in [0.5, 0.6) is 0 Å². The smallest absolute Gasteiger partial charge is 0.542 e. The van der Waals surface area contributed by atoms with Crippen LogP contribution in [0.25, 0.3) is 0 Å². The Kier molecular flexibility index (Phi) is 119. The minimum absolute atomic E-state index is 0. The van der Waals surface area contributed by atoms with E-state index in [1.807, 2.05) is 0 Å². The predicted octanol–water partition coefficient (Wildman–Crippen LogP) is 0.941. The largest absolute Gasteiger partial charge is 3.00 e. The number of carbonyl (C=O) groups is 1. The second-order valence-electron chi connectivity index (χ2n) is 1.52. The number of hydrogen-bond donors (Lipinski definition) is 0. The molecule has 0 N–H and O–H groups in total. The zero-order valence-electron chi connectivity index (χ0n) is 8.95. The van der Waals surface area contributed by atoms with Crippen LogP contribution in [0, 0.1) is 0 Å². The van der Waals surface area contributed by atoms with Crippen LogP contribution in [0.4, 0.5) is 0 Å². The molecule has 0 spiro atoms. The van der Waals surface area contributed by atoms with Crippen molar-refractivity contribution in [3.8, 4) is 0 Å². The van der Waals surface area contributed by atoms with Crippen LogP contribution < -0.4 is 0 Å². The van der Waals surface area contributed by atoms with Crippen molar-refractivity contribution >= 4 is 24.6 Å². The van der Waals surface area contributed by atoms with Gasteiger partial charge in [-0.1, -0.05) is 0 Å². The van der Waals surface area contributed by atoms with E-state index in [0.717, 1.165) is 0 Å². The molecule has 0 amide bonds. The van der Waals surface area contributed by atoms with Crippen molar-refractivity contribution in [1.29, 1.82) is 0 Å². The molecule has 0 aromatic heterocycles. The third-order valence-corrected chi connectivity index (χ3v) is 0. The van der Waals surface area contributed by atoms with Gasteiger partial charge in [-0.3, -0.25) is 18.9 Å². The van der Waals surface area contributed by atoms with Crippen molar-refractivity contribution in [3.05, 3.63) is 0 Å². The standard InChI is InChI=1S/C3H6O.3C2H3O.Ni/c1-3(2)4;3*1-2-3;/h1-2H3;3*1H3;/q;3*-1;+3. The molecule has 0 rings (SSSR count). The van der Waals surface area contributed by atoms with Gasteiger partial charge in [0.05, 0.1) is 0 Å². The molecule has 0 saturated carbocycles. The molecular formula is C9H15NiO4. The first-order chi connectivity index (χ1) is 5.97. The molecule has 14 heavy (non-hydrogen) atoms. The van der Waals surface area contributed by atoms with Crippen molar-refractivity contribution in [2.24, 2.45) is 0 Å². The maximum Gasteiger partial charge on any atom is 3.00 e. The van der Waals surface area contributed by atoms with Crippen molar-refractivity contribution in [3.63, 3.8) is 0 Å². The topological polar surface area (TPSA) is 68.3 Å². The SMILES string of the molecule is CC(C)=O.C[C-]=O.C[C-]=O.C[C-]=O.[Ni+3]. The van der Waals surface area contributed by atoms with E-state index in [4.69, 9.17) is 14.4 Å².